The number of halogens is 1. The van der Waals surface area contributed by atoms with Crippen molar-refractivity contribution >= 4 is 15.9 Å². The molecule has 0 spiro atoms. The van der Waals surface area contributed by atoms with Crippen LogP contribution in [0.3, 0.4) is 0 Å². The standard InChI is InChI=1S/C13H20BrNO2/c1-7-8(2)13(17-4)11(9(3)12(7)14)10(15)5-6-16/h10,16H,5-6,15H2,1-4H3. The molecule has 0 radical (unpaired) electrons. The van der Waals surface area contributed by atoms with Gasteiger partial charge in [0.05, 0.1) is 7.11 Å². The van der Waals surface area contributed by atoms with Gasteiger partial charge in [-0.1, -0.05) is 15.9 Å². The summed E-state index contributed by atoms with van der Waals surface area (Å²) in [6.07, 6.45) is 0.534. The second-order valence-electron chi connectivity index (χ2n) is 4.25. The van der Waals surface area contributed by atoms with E-state index in [0.717, 1.165) is 26.9 Å². The number of aliphatic hydroxyl groups excluding tert-OH is 1. The van der Waals surface area contributed by atoms with Gasteiger partial charge in [0.2, 0.25) is 0 Å². The fourth-order valence-electron chi connectivity index (χ4n) is 2.10. The molecule has 4 heteroatoms. The van der Waals surface area contributed by atoms with Crippen LogP contribution in [0.1, 0.15) is 34.7 Å². The van der Waals surface area contributed by atoms with Crippen molar-refractivity contribution in [3.8, 4) is 5.75 Å². The summed E-state index contributed by atoms with van der Waals surface area (Å²) in [6, 6.07) is -0.203. The number of nitrogens with two attached hydrogens (primary N) is 1. The molecule has 3 N–H and O–H groups in total. The fraction of sp³-hybridized carbons (Fsp3) is 0.538. The van der Waals surface area contributed by atoms with Gasteiger partial charge < -0.3 is 15.6 Å². The van der Waals surface area contributed by atoms with Gasteiger partial charge in [0.25, 0.3) is 0 Å². The lowest BCUT2D eigenvalue weighted by Gasteiger charge is -2.22. The maximum atomic E-state index is 9.01. The van der Waals surface area contributed by atoms with Gasteiger partial charge >= 0.3 is 0 Å². The van der Waals surface area contributed by atoms with Crippen LogP contribution in [0.15, 0.2) is 4.47 Å². The lowest BCUT2D eigenvalue weighted by Crippen LogP contribution is -2.16. The largest absolute Gasteiger partial charge is 0.496 e. The van der Waals surface area contributed by atoms with Crippen LogP contribution < -0.4 is 10.5 Å². The first-order valence-corrected chi connectivity index (χ1v) is 6.44. The highest BCUT2D eigenvalue weighted by atomic mass is 79.9. The van der Waals surface area contributed by atoms with Gasteiger partial charge in [-0.15, -0.1) is 0 Å². The lowest BCUT2D eigenvalue weighted by atomic mass is 9.93. The highest BCUT2D eigenvalue weighted by Crippen LogP contribution is 2.39. The van der Waals surface area contributed by atoms with E-state index in [1.807, 2.05) is 13.8 Å². The van der Waals surface area contributed by atoms with E-state index in [1.54, 1.807) is 7.11 Å². The molecule has 1 aromatic rings. The first-order valence-electron chi connectivity index (χ1n) is 5.65. The van der Waals surface area contributed by atoms with Crippen molar-refractivity contribution in [1.29, 1.82) is 0 Å². The molecule has 1 rings (SSSR count). The number of aliphatic hydroxyl groups is 1. The third-order valence-corrected chi connectivity index (χ3v) is 4.41. The van der Waals surface area contributed by atoms with E-state index < -0.39 is 0 Å². The van der Waals surface area contributed by atoms with Gasteiger partial charge in [0.15, 0.2) is 0 Å². The maximum absolute atomic E-state index is 9.01. The summed E-state index contributed by atoms with van der Waals surface area (Å²) >= 11 is 3.59. The zero-order chi connectivity index (χ0) is 13.2. The molecular formula is C13H20BrNO2. The number of hydrogen-bond acceptors (Lipinski definition) is 3. The van der Waals surface area contributed by atoms with E-state index in [1.165, 1.54) is 5.56 Å². The van der Waals surface area contributed by atoms with Crippen molar-refractivity contribution in [2.24, 2.45) is 5.73 Å². The van der Waals surface area contributed by atoms with E-state index in [2.05, 4.69) is 22.9 Å². The Morgan fingerprint density at radius 3 is 2.29 bits per heavy atom. The predicted octanol–water partition coefficient (Wildman–Crippen LogP) is 2.77. The molecule has 1 atom stereocenters. The summed E-state index contributed by atoms with van der Waals surface area (Å²) in [5, 5.41) is 9.01. The van der Waals surface area contributed by atoms with E-state index in [9.17, 15) is 0 Å². The van der Waals surface area contributed by atoms with E-state index >= 15 is 0 Å². The van der Waals surface area contributed by atoms with Gasteiger partial charge in [-0.3, -0.25) is 0 Å². The fourth-order valence-corrected chi connectivity index (χ4v) is 2.61. The summed E-state index contributed by atoms with van der Waals surface area (Å²) in [5.74, 6) is 0.837. The third-order valence-electron chi connectivity index (χ3n) is 3.23. The Labute approximate surface area is 111 Å². The van der Waals surface area contributed by atoms with Gasteiger partial charge in [0.1, 0.15) is 5.75 Å². The molecule has 0 bridgehead atoms. The van der Waals surface area contributed by atoms with E-state index in [-0.39, 0.29) is 12.6 Å². The molecule has 0 amide bonds. The second-order valence-corrected chi connectivity index (χ2v) is 5.05. The van der Waals surface area contributed by atoms with Gasteiger partial charge in [-0.2, -0.15) is 0 Å². The average molecular weight is 302 g/mol. The lowest BCUT2D eigenvalue weighted by molar-refractivity contribution is 0.275. The Hall–Kier alpha value is -0.580. The molecule has 0 saturated carbocycles. The summed E-state index contributed by atoms with van der Waals surface area (Å²) in [6.45, 7) is 6.17. The number of hydrogen-bond donors (Lipinski definition) is 2. The summed E-state index contributed by atoms with van der Waals surface area (Å²) in [7, 11) is 1.66. The van der Waals surface area contributed by atoms with Crippen molar-refractivity contribution < 1.29 is 9.84 Å². The minimum atomic E-state index is -0.203. The van der Waals surface area contributed by atoms with Crippen LogP contribution >= 0.6 is 15.9 Å². The highest BCUT2D eigenvalue weighted by molar-refractivity contribution is 9.10. The molecular weight excluding hydrogens is 282 g/mol. The molecule has 0 aliphatic heterocycles. The third kappa shape index (κ3) is 2.64. The molecule has 3 nitrogen and oxygen atoms in total. The molecule has 0 saturated heterocycles. The van der Waals surface area contributed by atoms with Crippen LogP contribution in [0.25, 0.3) is 0 Å². The molecule has 17 heavy (non-hydrogen) atoms. The molecule has 0 aliphatic rings. The number of methoxy groups -OCH3 is 1. The number of ether oxygens (including phenoxy) is 1. The normalized spacial score (nSPS) is 12.6. The highest BCUT2D eigenvalue weighted by Gasteiger charge is 2.20. The summed E-state index contributed by atoms with van der Waals surface area (Å²) in [4.78, 5) is 0. The molecule has 1 unspecified atom stereocenters. The molecule has 0 fully saturated rings. The van der Waals surface area contributed by atoms with E-state index in [4.69, 9.17) is 15.6 Å². The number of rotatable bonds is 4. The summed E-state index contributed by atoms with van der Waals surface area (Å²) in [5.41, 5.74) is 10.4. The molecule has 0 aromatic heterocycles. The molecule has 0 aliphatic carbocycles. The predicted molar refractivity (Wildman–Crippen MR) is 73.5 cm³/mol. The Morgan fingerprint density at radius 1 is 1.24 bits per heavy atom. The van der Waals surface area contributed by atoms with Crippen molar-refractivity contribution in [1.82, 2.24) is 0 Å². The quantitative estimate of drug-likeness (QED) is 0.899. The van der Waals surface area contributed by atoms with Gasteiger partial charge in [-0.05, 0) is 43.9 Å². The summed E-state index contributed by atoms with van der Waals surface area (Å²) < 4.78 is 6.55. The van der Waals surface area contributed by atoms with E-state index in [0.29, 0.717) is 6.42 Å². The second kappa shape index (κ2) is 5.85. The number of benzene rings is 1. The van der Waals surface area contributed by atoms with Crippen LogP contribution in [-0.2, 0) is 0 Å². The maximum Gasteiger partial charge on any atom is 0.127 e. The van der Waals surface area contributed by atoms with Gasteiger partial charge in [-0.25, -0.2) is 0 Å². The topological polar surface area (TPSA) is 55.5 Å². The average Bonchev–Trinajstić information content (AvgIpc) is 2.31. The Balaban J connectivity index is 3.46. The smallest absolute Gasteiger partial charge is 0.127 e. The minimum absolute atomic E-state index is 0.0777. The monoisotopic (exact) mass is 301 g/mol. The minimum Gasteiger partial charge on any atom is -0.496 e. The van der Waals surface area contributed by atoms with Crippen molar-refractivity contribution in [3.05, 3.63) is 26.7 Å². The zero-order valence-corrected chi connectivity index (χ0v) is 12.4. The van der Waals surface area contributed by atoms with Gasteiger partial charge in [0, 0.05) is 22.7 Å². The SMILES string of the molecule is COc1c(C)c(C)c(Br)c(C)c1C(N)CCO. The molecule has 96 valence electrons. The van der Waals surface area contributed by atoms with Crippen LogP contribution in [0.5, 0.6) is 5.75 Å². The zero-order valence-electron chi connectivity index (χ0n) is 10.8. The Kier molecular flexibility index (Phi) is 4.98. The van der Waals surface area contributed by atoms with Crippen LogP contribution in [0.2, 0.25) is 0 Å². The van der Waals surface area contributed by atoms with Crippen molar-refractivity contribution in [2.75, 3.05) is 13.7 Å². The Morgan fingerprint density at radius 2 is 1.82 bits per heavy atom. The van der Waals surface area contributed by atoms with Crippen LogP contribution in [0, 0.1) is 20.8 Å². The van der Waals surface area contributed by atoms with Crippen LogP contribution in [0.4, 0.5) is 0 Å². The Bertz CT molecular complexity index is 419. The first-order chi connectivity index (χ1) is 7.95. The van der Waals surface area contributed by atoms with Crippen molar-refractivity contribution in [2.45, 2.75) is 33.2 Å². The van der Waals surface area contributed by atoms with Crippen LogP contribution in [-0.4, -0.2) is 18.8 Å². The first kappa shape index (κ1) is 14.5. The molecule has 0 heterocycles. The van der Waals surface area contributed by atoms with Crippen molar-refractivity contribution in [3.63, 3.8) is 0 Å². The molecule has 1 aromatic carbocycles.